The van der Waals surface area contributed by atoms with Gasteiger partial charge in [0.05, 0.1) is 22.9 Å². The maximum absolute atomic E-state index is 13.3. The van der Waals surface area contributed by atoms with Gasteiger partial charge in [0.2, 0.25) is 0 Å². The molecule has 0 unspecified atom stereocenters. The van der Waals surface area contributed by atoms with E-state index in [2.05, 4.69) is 25.5 Å². The number of benzene rings is 2. The lowest BCUT2D eigenvalue weighted by Gasteiger charge is -2.10. The third kappa shape index (κ3) is 4.47. The third-order valence-electron chi connectivity index (χ3n) is 5.46. The number of non-ortho nitro benzene ring substituents is 1. The van der Waals surface area contributed by atoms with Gasteiger partial charge in [-0.2, -0.15) is 19.7 Å². The minimum atomic E-state index is -0.480. The van der Waals surface area contributed by atoms with Gasteiger partial charge >= 0.3 is 0 Å². The predicted molar refractivity (Wildman–Crippen MR) is 128 cm³/mol. The molecule has 11 nitrogen and oxygen atoms in total. The van der Waals surface area contributed by atoms with Crippen molar-refractivity contribution >= 4 is 23.1 Å². The Hall–Kier alpha value is -4.93. The van der Waals surface area contributed by atoms with Gasteiger partial charge in [0.1, 0.15) is 12.0 Å². The minimum absolute atomic E-state index is 0.0731. The van der Waals surface area contributed by atoms with Crippen LogP contribution in [0.3, 0.4) is 0 Å². The SMILES string of the molecule is Cc1cc(C)n(Cc2cccc(NC(=O)c3cc(-c4cccc([N+](=O)[O-])c4)nc4ncnn34)c2)n1. The molecule has 0 aliphatic carbocycles. The van der Waals surface area contributed by atoms with Gasteiger partial charge in [-0.25, -0.2) is 4.98 Å². The Labute approximate surface area is 199 Å². The first-order valence-electron chi connectivity index (χ1n) is 10.7. The van der Waals surface area contributed by atoms with Crippen molar-refractivity contribution in [1.29, 1.82) is 0 Å². The van der Waals surface area contributed by atoms with Gasteiger partial charge in [0, 0.05) is 29.1 Å². The lowest BCUT2D eigenvalue weighted by Crippen LogP contribution is -2.17. The van der Waals surface area contributed by atoms with Crippen LogP contribution in [0.5, 0.6) is 0 Å². The Morgan fingerprint density at radius 3 is 2.69 bits per heavy atom. The number of anilines is 1. The van der Waals surface area contributed by atoms with Gasteiger partial charge in [-0.05, 0) is 43.7 Å². The normalized spacial score (nSPS) is 11.0. The van der Waals surface area contributed by atoms with E-state index in [4.69, 9.17) is 0 Å². The molecular formula is C24H20N8O3. The molecule has 174 valence electrons. The Kier molecular flexibility index (Phi) is 5.49. The van der Waals surface area contributed by atoms with Gasteiger partial charge in [-0.15, -0.1) is 0 Å². The molecule has 0 saturated heterocycles. The second-order valence-electron chi connectivity index (χ2n) is 8.05. The Balaban J connectivity index is 1.45. The van der Waals surface area contributed by atoms with Crippen LogP contribution in [0.25, 0.3) is 17.0 Å². The van der Waals surface area contributed by atoms with Crippen molar-refractivity contribution in [2.24, 2.45) is 0 Å². The van der Waals surface area contributed by atoms with Crippen molar-refractivity contribution in [2.75, 3.05) is 5.32 Å². The highest BCUT2D eigenvalue weighted by atomic mass is 16.6. The summed E-state index contributed by atoms with van der Waals surface area (Å²) >= 11 is 0. The zero-order valence-corrected chi connectivity index (χ0v) is 18.9. The van der Waals surface area contributed by atoms with Crippen LogP contribution in [0.15, 0.2) is 67.0 Å². The topological polar surface area (TPSA) is 133 Å². The molecule has 0 aliphatic rings. The molecule has 5 rings (SSSR count). The molecule has 1 amide bonds. The molecule has 2 aromatic carbocycles. The number of nitro benzene ring substituents is 1. The number of fused-ring (bicyclic) bond motifs is 1. The first-order chi connectivity index (χ1) is 16.9. The Morgan fingerprint density at radius 2 is 1.91 bits per heavy atom. The highest BCUT2D eigenvalue weighted by molar-refractivity contribution is 6.04. The first kappa shape index (κ1) is 21.9. The molecule has 0 spiro atoms. The average molecular weight is 468 g/mol. The van der Waals surface area contributed by atoms with Crippen molar-refractivity contribution in [3.05, 3.63) is 99.8 Å². The molecule has 0 saturated carbocycles. The largest absolute Gasteiger partial charge is 0.321 e. The predicted octanol–water partition coefficient (Wildman–Crippen LogP) is 3.81. The quantitative estimate of drug-likeness (QED) is 0.296. The highest BCUT2D eigenvalue weighted by Gasteiger charge is 2.17. The van der Waals surface area contributed by atoms with E-state index in [1.165, 1.54) is 29.0 Å². The molecule has 5 aromatic rings. The highest BCUT2D eigenvalue weighted by Crippen LogP contribution is 2.24. The van der Waals surface area contributed by atoms with E-state index < -0.39 is 10.8 Å². The van der Waals surface area contributed by atoms with E-state index in [9.17, 15) is 14.9 Å². The number of aryl methyl sites for hydroxylation is 2. The molecule has 0 radical (unpaired) electrons. The van der Waals surface area contributed by atoms with E-state index in [0.717, 1.165) is 17.0 Å². The fourth-order valence-electron chi connectivity index (χ4n) is 3.85. The summed E-state index contributed by atoms with van der Waals surface area (Å²) in [5.41, 5.74) is 4.57. The van der Waals surface area contributed by atoms with Crippen molar-refractivity contribution in [3.8, 4) is 11.3 Å². The molecule has 0 fully saturated rings. The number of hydrogen-bond acceptors (Lipinski definition) is 7. The van der Waals surface area contributed by atoms with Gasteiger partial charge in [-0.3, -0.25) is 19.6 Å². The van der Waals surface area contributed by atoms with Crippen LogP contribution >= 0.6 is 0 Å². The fraction of sp³-hybridized carbons (Fsp3) is 0.125. The Morgan fingerprint density at radius 1 is 1.09 bits per heavy atom. The monoisotopic (exact) mass is 468 g/mol. The van der Waals surface area contributed by atoms with Crippen LogP contribution in [0.2, 0.25) is 0 Å². The van der Waals surface area contributed by atoms with Crippen LogP contribution in [0.4, 0.5) is 11.4 Å². The van der Waals surface area contributed by atoms with E-state index >= 15 is 0 Å². The number of amides is 1. The summed E-state index contributed by atoms with van der Waals surface area (Å²) in [6.45, 7) is 4.52. The standard InChI is InChI=1S/C24H20N8O3/c1-15-9-16(2)30(29-15)13-17-5-3-7-19(10-17)27-23(33)22-12-21(28-24-25-14-26-31(22)24)18-6-4-8-20(11-18)32(34)35/h3-12,14H,13H2,1-2H3,(H,27,33). The smallest absolute Gasteiger partial charge is 0.274 e. The third-order valence-corrected chi connectivity index (χ3v) is 5.46. The van der Waals surface area contributed by atoms with Crippen molar-refractivity contribution < 1.29 is 9.72 Å². The number of rotatable bonds is 6. The summed E-state index contributed by atoms with van der Waals surface area (Å²) < 4.78 is 3.24. The summed E-state index contributed by atoms with van der Waals surface area (Å²) in [5.74, 6) is -0.213. The van der Waals surface area contributed by atoms with Crippen LogP contribution < -0.4 is 5.32 Å². The number of nitrogens with zero attached hydrogens (tertiary/aromatic N) is 7. The molecule has 3 aromatic heterocycles. The molecule has 0 atom stereocenters. The summed E-state index contributed by atoms with van der Waals surface area (Å²) in [4.78, 5) is 32.5. The lowest BCUT2D eigenvalue weighted by molar-refractivity contribution is -0.384. The molecule has 35 heavy (non-hydrogen) atoms. The van der Waals surface area contributed by atoms with Crippen LogP contribution in [-0.4, -0.2) is 40.2 Å². The second kappa shape index (κ2) is 8.78. The van der Waals surface area contributed by atoms with Gasteiger partial charge in [0.15, 0.2) is 0 Å². The van der Waals surface area contributed by atoms with Crippen molar-refractivity contribution in [2.45, 2.75) is 20.4 Å². The van der Waals surface area contributed by atoms with Gasteiger partial charge < -0.3 is 5.32 Å². The Bertz CT molecular complexity index is 1590. The molecule has 0 aliphatic heterocycles. The minimum Gasteiger partial charge on any atom is -0.321 e. The van der Waals surface area contributed by atoms with E-state index in [1.54, 1.807) is 18.2 Å². The molecule has 0 bridgehead atoms. The van der Waals surface area contributed by atoms with E-state index in [-0.39, 0.29) is 17.2 Å². The first-order valence-corrected chi connectivity index (χ1v) is 10.7. The van der Waals surface area contributed by atoms with Crippen LogP contribution in [0, 0.1) is 24.0 Å². The van der Waals surface area contributed by atoms with E-state index in [0.29, 0.717) is 23.5 Å². The van der Waals surface area contributed by atoms with E-state index in [1.807, 2.05) is 42.8 Å². The van der Waals surface area contributed by atoms with Crippen molar-refractivity contribution in [1.82, 2.24) is 29.4 Å². The zero-order valence-electron chi connectivity index (χ0n) is 18.9. The number of carbonyl (C=O) groups is 1. The number of nitro groups is 1. The lowest BCUT2D eigenvalue weighted by atomic mass is 10.1. The van der Waals surface area contributed by atoms with Gasteiger partial charge in [-0.1, -0.05) is 24.3 Å². The number of carbonyl (C=O) groups excluding carboxylic acids is 1. The number of nitrogens with one attached hydrogen (secondary N) is 1. The van der Waals surface area contributed by atoms with Crippen LogP contribution in [0.1, 0.15) is 27.4 Å². The van der Waals surface area contributed by atoms with Crippen LogP contribution in [-0.2, 0) is 6.54 Å². The number of aromatic nitrogens is 6. The fourth-order valence-corrected chi connectivity index (χ4v) is 3.85. The summed E-state index contributed by atoms with van der Waals surface area (Å²) in [5, 5.41) is 22.7. The van der Waals surface area contributed by atoms with Gasteiger partial charge in [0.25, 0.3) is 17.4 Å². The molecule has 3 heterocycles. The molecule has 1 N–H and O–H groups in total. The maximum atomic E-state index is 13.3. The zero-order chi connectivity index (χ0) is 24.5. The summed E-state index contributed by atoms with van der Waals surface area (Å²) in [6.07, 6.45) is 1.30. The number of hydrogen-bond donors (Lipinski definition) is 1. The van der Waals surface area contributed by atoms with Crippen molar-refractivity contribution in [3.63, 3.8) is 0 Å². The summed E-state index contributed by atoms with van der Waals surface area (Å²) in [6, 6.07) is 17.1. The molecular weight excluding hydrogens is 448 g/mol. The maximum Gasteiger partial charge on any atom is 0.274 e. The second-order valence-corrected chi connectivity index (χ2v) is 8.05. The average Bonchev–Trinajstić information content (AvgIpc) is 3.44. The molecule has 11 heteroatoms. The summed E-state index contributed by atoms with van der Waals surface area (Å²) in [7, 11) is 0.